The molecule has 3 aromatic heterocycles. The van der Waals surface area contributed by atoms with Crippen LogP contribution in [0.5, 0.6) is 0 Å². The molecule has 0 radical (unpaired) electrons. The van der Waals surface area contributed by atoms with Crippen LogP contribution < -0.4 is 10.9 Å². The lowest BCUT2D eigenvalue weighted by atomic mass is 10.1. The van der Waals surface area contributed by atoms with Crippen molar-refractivity contribution in [3.05, 3.63) is 70.9 Å². The fraction of sp³-hybridized carbons (Fsp3) is 0.250. The maximum atomic E-state index is 12.2. The Morgan fingerprint density at radius 3 is 2.75 bits per heavy atom. The third-order valence-electron chi connectivity index (χ3n) is 4.86. The fourth-order valence-electron chi connectivity index (χ4n) is 3.22. The second-order valence-corrected chi connectivity index (χ2v) is 6.93. The van der Waals surface area contributed by atoms with Crippen molar-refractivity contribution in [3.8, 4) is 11.3 Å². The van der Waals surface area contributed by atoms with Crippen molar-refractivity contribution in [1.29, 1.82) is 0 Å². The third-order valence-corrected chi connectivity index (χ3v) is 4.86. The van der Waals surface area contributed by atoms with Crippen LogP contribution in [-0.4, -0.2) is 36.1 Å². The molecule has 1 fully saturated rings. The highest BCUT2D eigenvalue weighted by Gasteiger charge is 2.26. The van der Waals surface area contributed by atoms with Gasteiger partial charge in [-0.3, -0.25) is 4.79 Å². The number of rotatable bonds is 6. The summed E-state index contributed by atoms with van der Waals surface area (Å²) in [6, 6.07) is 15.2. The molecule has 4 aromatic rings. The minimum absolute atomic E-state index is 0.123. The van der Waals surface area contributed by atoms with E-state index in [1.165, 1.54) is 17.5 Å². The van der Waals surface area contributed by atoms with Crippen LogP contribution >= 0.6 is 0 Å². The number of hydrogen-bond donors (Lipinski definition) is 1. The first-order valence-corrected chi connectivity index (χ1v) is 9.36. The van der Waals surface area contributed by atoms with Crippen molar-refractivity contribution in [1.82, 2.24) is 29.6 Å². The number of hydrogen-bond acceptors (Lipinski definition) is 6. The average Bonchev–Trinajstić information content (AvgIpc) is 3.47. The molecular weight excluding hydrogens is 354 g/mol. The van der Waals surface area contributed by atoms with Gasteiger partial charge in [-0.2, -0.15) is 14.7 Å². The van der Waals surface area contributed by atoms with Gasteiger partial charge in [-0.15, -0.1) is 10.2 Å². The standard InChI is InChI=1S/C20H19N7O/c28-19-9-8-16(14-4-2-1-3-5-14)24-26(19)11-10-21-18-12-17(15-6-7-15)25-27-13-22-23-20(18)27/h1-5,8-9,12-13,15,21H,6-7,10-11H2. The number of aromatic nitrogens is 6. The van der Waals surface area contributed by atoms with Crippen molar-refractivity contribution < 1.29 is 0 Å². The maximum absolute atomic E-state index is 12.2. The van der Waals surface area contributed by atoms with Gasteiger partial charge in [0.15, 0.2) is 0 Å². The number of nitrogens with one attached hydrogen (secondary N) is 1. The van der Waals surface area contributed by atoms with Gasteiger partial charge in [-0.05, 0) is 25.0 Å². The molecule has 0 amide bonds. The quantitative estimate of drug-likeness (QED) is 0.558. The van der Waals surface area contributed by atoms with Gasteiger partial charge in [0.2, 0.25) is 5.65 Å². The molecule has 0 unspecified atom stereocenters. The normalized spacial score (nSPS) is 13.7. The molecule has 8 heteroatoms. The summed E-state index contributed by atoms with van der Waals surface area (Å²) in [6.07, 6.45) is 3.96. The van der Waals surface area contributed by atoms with Gasteiger partial charge >= 0.3 is 0 Å². The Hall–Kier alpha value is -3.55. The SMILES string of the molecule is O=c1ccc(-c2ccccc2)nn1CCNc1cc(C2CC2)nn2cnnc12. The van der Waals surface area contributed by atoms with E-state index in [9.17, 15) is 4.79 Å². The van der Waals surface area contributed by atoms with Gasteiger partial charge in [-0.25, -0.2) is 4.68 Å². The lowest BCUT2D eigenvalue weighted by Crippen LogP contribution is -2.26. The summed E-state index contributed by atoms with van der Waals surface area (Å²) < 4.78 is 3.19. The molecule has 1 saturated carbocycles. The zero-order valence-electron chi connectivity index (χ0n) is 15.2. The highest BCUT2D eigenvalue weighted by Crippen LogP contribution is 2.39. The van der Waals surface area contributed by atoms with Crippen LogP contribution in [-0.2, 0) is 6.54 Å². The van der Waals surface area contributed by atoms with Crippen LogP contribution in [0.15, 0.2) is 59.7 Å². The zero-order valence-corrected chi connectivity index (χ0v) is 15.2. The van der Waals surface area contributed by atoms with Gasteiger partial charge in [0.25, 0.3) is 5.56 Å². The van der Waals surface area contributed by atoms with Gasteiger partial charge in [0, 0.05) is 24.1 Å². The maximum Gasteiger partial charge on any atom is 0.266 e. The second-order valence-electron chi connectivity index (χ2n) is 6.93. The molecule has 28 heavy (non-hydrogen) atoms. The minimum Gasteiger partial charge on any atom is -0.380 e. The first-order chi connectivity index (χ1) is 13.8. The van der Waals surface area contributed by atoms with Crippen molar-refractivity contribution in [2.45, 2.75) is 25.3 Å². The van der Waals surface area contributed by atoms with E-state index in [4.69, 9.17) is 0 Å². The molecule has 140 valence electrons. The van der Waals surface area contributed by atoms with Crippen LogP contribution in [0, 0.1) is 0 Å². The Morgan fingerprint density at radius 2 is 1.93 bits per heavy atom. The summed E-state index contributed by atoms with van der Waals surface area (Å²) in [5.41, 5.74) is 4.25. The van der Waals surface area contributed by atoms with Crippen molar-refractivity contribution in [2.75, 3.05) is 11.9 Å². The summed E-state index contributed by atoms with van der Waals surface area (Å²) >= 11 is 0. The second kappa shape index (κ2) is 6.88. The first kappa shape index (κ1) is 16.6. The predicted octanol–water partition coefficient (Wildman–Crippen LogP) is 2.34. The summed E-state index contributed by atoms with van der Waals surface area (Å²) in [5, 5.41) is 20.5. The lowest BCUT2D eigenvalue weighted by Gasteiger charge is -2.11. The zero-order chi connectivity index (χ0) is 18.9. The summed E-state index contributed by atoms with van der Waals surface area (Å²) in [6.45, 7) is 0.989. The largest absolute Gasteiger partial charge is 0.380 e. The molecular formula is C20H19N7O. The van der Waals surface area contributed by atoms with Crippen LogP contribution in [0.3, 0.4) is 0 Å². The topological polar surface area (TPSA) is 90.0 Å². The van der Waals surface area contributed by atoms with E-state index in [-0.39, 0.29) is 5.56 Å². The van der Waals surface area contributed by atoms with Crippen LogP contribution in [0.2, 0.25) is 0 Å². The van der Waals surface area contributed by atoms with Gasteiger partial charge in [-0.1, -0.05) is 30.3 Å². The Labute approximate surface area is 160 Å². The summed E-state index contributed by atoms with van der Waals surface area (Å²) in [7, 11) is 0. The van der Waals surface area contributed by atoms with E-state index in [0.717, 1.165) is 22.6 Å². The molecule has 0 spiro atoms. The number of benzene rings is 1. The number of fused-ring (bicyclic) bond motifs is 1. The van der Waals surface area contributed by atoms with E-state index < -0.39 is 0 Å². The lowest BCUT2D eigenvalue weighted by molar-refractivity contribution is 0.601. The molecule has 1 aromatic carbocycles. The highest BCUT2D eigenvalue weighted by atomic mass is 16.1. The van der Waals surface area contributed by atoms with Gasteiger partial charge in [0.05, 0.1) is 23.6 Å². The van der Waals surface area contributed by atoms with Crippen LogP contribution in [0.4, 0.5) is 5.69 Å². The third kappa shape index (κ3) is 3.24. The van der Waals surface area contributed by atoms with E-state index in [1.807, 2.05) is 36.4 Å². The monoisotopic (exact) mass is 373 g/mol. The predicted molar refractivity (Wildman–Crippen MR) is 105 cm³/mol. The number of anilines is 1. The summed E-state index contributed by atoms with van der Waals surface area (Å²) in [5.74, 6) is 0.527. The molecule has 0 bridgehead atoms. The van der Waals surface area contributed by atoms with Gasteiger partial charge < -0.3 is 5.32 Å². The molecule has 0 saturated heterocycles. The molecule has 0 atom stereocenters. The van der Waals surface area contributed by atoms with E-state index in [1.54, 1.807) is 23.0 Å². The fourth-order valence-corrected chi connectivity index (χ4v) is 3.22. The summed E-state index contributed by atoms with van der Waals surface area (Å²) in [4.78, 5) is 12.2. The van der Waals surface area contributed by atoms with Gasteiger partial charge in [0.1, 0.15) is 6.33 Å². The first-order valence-electron chi connectivity index (χ1n) is 9.36. The molecule has 5 rings (SSSR count). The van der Waals surface area contributed by atoms with Crippen molar-refractivity contribution in [2.24, 2.45) is 0 Å². The number of nitrogens with zero attached hydrogens (tertiary/aromatic N) is 6. The Kier molecular flexibility index (Phi) is 4.08. The molecule has 1 aliphatic rings. The van der Waals surface area contributed by atoms with Crippen LogP contribution in [0.25, 0.3) is 16.9 Å². The molecule has 3 heterocycles. The molecule has 8 nitrogen and oxygen atoms in total. The Balaban J connectivity index is 1.35. The highest BCUT2D eigenvalue weighted by molar-refractivity contribution is 5.67. The molecule has 1 aliphatic carbocycles. The van der Waals surface area contributed by atoms with E-state index >= 15 is 0 Å². The average molecular weight is 373 g/mol. The minimum atomic E-state index is -0.123. The van der Waals surface area contributed by atoms with Crippen molar-refractivity contribution >= 4 is 11.3 Å². The van der Waals surface area contributed by atoms with Crippen molar-refractivity contribution in [3.63, 3.8) is 0 Å². The van der Waals surface area contributed by atoms with E-state index in [2.05, 4.69) is 25.7 Å². The smallest absolute Gasteiger partial charge is 0.266 e. The van der Waals surface area contributed by atoms with Crippen LogP contribution in [0.1, 0.15) is 24.5 Å². The van der Waals surface area contributed by atoms with E-state index in [0.29, 0.717) is 24.7 Å². The Morgan fingerprint density at radius 1 is 1.07 bits per heavy atom. The Bertz CT molecular complexity index is 1180. The molecule has 1 N–H and O–H groups in total. The molecule has 0 aliphatic heterocycles.